The van der Waals surface area contributed by atoms with Crippen molar-refractivity contribution in [2.24, 2.45) is 0 Å². The van der Waals surface area contributed by atoms with Crippen molar-refractivity contribution in [3.63, 3.8) is 0 Å². The fourth-order valence-corrected chi connectivity index (χ4v) is 3.32. The molecule has 0 radical (unpaired) electrons. The molecular weight excluding hydrogens is 443 g/mol. The van der Waals surface area contributed by atoms with E-state index >= 15 is 0 Å². The minimum Gasteiger partial charge on any atom is -0.497 e. The van der Waals surface area contributed by atoms with E-state index in [1.807, 2.05) is 0 Å². The molecule has 0 aliphatic carbocycles. The summed E-state index contributed by atoms with van der Waals surface area (Å²) in [7, 11) is 1.50. The lowest BCUT2D eigenvalue weighted by Crippen LogP contribution is -2.43. The molecule has 0 saturated carbocycles. The summed E-state index contributed by atoms with van der Waals surface area (Å²) in [6.07, 6.45) is -3.35. The molecule has 1 aromatic heterocycles. The Morgan fingerprint density at radius 2 is 1.88 bits per heavy atom. The third kappa shape index (κ3) is 5.16. The summed E-state index contributed by atoms with van der Waals surface area (Å²) in [4.78, 5) is 41.9. The first-order valence-electron chi connectivity index (χ1n) is 9.87. The minimum absolute atomic E-state index is 0.0461. The van der Waals surface area contributed by atoms with Gasteiger partial charge >= 0.3 is 12.2 Å². The summed E-state index contributed by atoms with van der Waals surface area (Å²) < 4.78 is 44.0. The number of imide groups is 1. The number of carbonyl (C=O) groups is 3. The Bertz CT molecular complexity index is 1040. The number of carbonyl (C=O) groups excluding carboxylic acids is 3. The third-order valence-electron chi connectivity index (χ3n) is 5.10. The van der Waals surface area contributed by atoms with Gasteiger partial charge in [-0.05, 0) is 36.8 Å². The average Bonchev–Trinajstić information content (AvgIpc) is 3.00. The zero-order chi connectivity index (χ0) is 24.2. The van der Waals surface area contributed by atoms with Crippen LogP contribution in [0.5, 0.6) is 5.75 Å². The smallest absolute Gasteiger partial charge is 0.419 e. The zero-order valence-corrected chi connectivity index (χ0v) is 17.8. The van der Waals surface area contributed by atoms with Gasteiger partial charge in [0.15, 0.2) is 0 Å². The van der Waals surface area contributed by atoms with E-state index in [4.69, 9.17) is 4.74 Å². The molecule has 1 saturated heterocycles. The Morgan fingerprint density at radius 3 is 2.52 bits per heavy atom. The first-order chi connectivity index (χ1) is 15.6. The number of alkyl halides is 3. The van der Waals surface area contributed by atoms with Crippen LogP contribution in [0.25, 0.3) is 0 Å². The van der Waals surface area contributed by atoms with Crippen molar-refractivity contribution >= 4 is 23.7 Å². The molecule has 1 fully saturated rings. The van der Waals surface area contributed by atoms with Crippen LogP contribution in [0.3, 0.4) is 0 Å². The van der Waals surface area contributed by atoms with Crippen LogP contribution in [0.4, 0.5) is 23.8 Å². The van der Waals surface area contributed by atoms with Gasteiger partial charge in [-0.25, -0.2) is 9.78 Å². The molecule has 1 aliphatic rings. The lowest BCUT2D eigenvalue weighted by molar-refractivity contribution is -0.137. The van der Waals surface area contributed by atoms with Crippen LogP contribution in [0, 0.1) is 0 Å². The summed E-state index contributed by atoms with van der Waals surface area (Å²) in [5.74, 6) is -1.02. The number of aromatic nitrogens is 1. The molecule has 176 valence electrons. The Labute approximate surface area is 187 Å². The van der Waals surface area contributed by atoms with Gasteiger partial charge in [0.2, 0.25) is 5.91 Å². The number of hydrogen-bond donors (Lipinski definition) is 3. The van der Waals surface area contributed by atoms with Crippen LogP contribution >= 0.6 is 0 Å². The van der Waals surface area contributed by atoms with Crippen molar-refractivity contribution in [2.75, 3.05) is 32.1 Å². The molecule has 9 nitrogen and oxygen atoms in total. The fraction of sp³-hybridized carbons (Fsp3) is 0.333. The fourth-order valence-electron chi connectivity index (χ4n) is 3.32. The molecule has 2 heterocycles. The molecular formula is C21H22F3N5O4. The van der Waals surface area contributed by atoms with Crippen LogP contribution in [-0.2, 0) is 21.3 Å². The van der Waals surface area contributed by atoms with E-state index in [2.05, 4.69) is 20.9 Å². The highest BCUT2D eigenvalue weighted by molar-refractivity contribution is 6.09. The first-order valence-corrected chi connectivity index (χ1v) is 9.87. The van der Waals surface area contributed by atoms with E-state index < -0.39 is 41.7 Å². The number of benzene rings is 1. The van der Waals surface area contributed by atoms with Gasteiger partial charge in [0, 0.05) is 19.3 Å². The van der Waals surface area contributed by atoms with E-state index in [0.29, 0.717) is 11.3 Å². The Balaban J connectivity index is 1.54. The number of halogens is 3. The number of anilines is 1. The van der Waals surface area contributed by atoms with Crippen molar-refractivity contribution in [3.8, 4) is 5.75 Å². The van der Waals surface area contributed by atoms with Crippen LogP contribution in [0.2, 0.25) is 0 Å². The van der Waals surface area contributed by atoms with Crippen molar-refractivity contribution in [3.05, 3.63) is 53.7 Å². The standard InChI is InChI=1S/C21H22F3N5O4/c1-20(13-5-7-14(33-2)8-6-13)18(31)29(19(32)28-20)12-16(30)25-10-11-27-17-15(21(22,23)24)4-3-9-26-17/h3-9H,10-12H2,1-2H3,(H,25,30)(H,26,27)(H,28,32)/t20-/m0/s1. The molecule has 2 aromatic rings. The maximum Gasteiger partial charge on any atom is 0.419 e. The number of urea groups is 1. The number of ether oxygens (including phenoxy) is 1. The predicted octanol–water partition coefficient (Wildman–Crippen LogP) is 2.10. The number of amides is 4. The number of nitrogens with zero attached hydrogens (tertiary/aromatic N) is 2. The van der Waals surface area contributed by atoms with E-state index in [1.54, 1.807) is 24.3 Å². The monoisotopic (exact) mass is 465 g/mol. The molecule has 0 bridgehead atoms. The molecule has 4 amide bonds. The Kier molecular flexibility index (Phi) is 6.75. The second-order valence-corrected chi connectivity index (χ2v) is 7.35. The topological polar surface area (TPSA) is 113 Å². The van der Waals surface area contributed by atoms with E-state index in [-0.39, 0.29) is 18.9 Å². The van der Waals surface area contributed by atoms with Crippen molar-refractivity contribution in [1.29, 1.82) is 0 Å². The molecule has 33 heavy (non-hydrogen) atoms. The number of nitrogens with one attached hydrogen (secondary N) is 3. The van der Waals surface area contributed by atoms with Gasteiger partial charge < -0.3 is 20.7 Å². The number of hydrogen-bond acceptors (Lipinski definition) is 6. The number of methoxy groups -OCH3 is 1. The third-order valence-corrected chi connectivity index (χ3v) is 5.10. The average molecular weight is 465 g/mol. The SMILES string of the molecule is COc1ccc([C@]2(C)NC(=O)N(CC(=O)NCCNc3ncccc3C(F)(F)F)C2=O)cc1. The second-order valence-electron chi connectivity index (χ2n) is 7.35. The first kappa shape index (κ1) is 23.8. The number of pyridine rings is 1. The maximum absolute atomic E-state index is 13.0. The van der Waals surface area contributed by atoms with Crippen LogP contribution in [-0.4, -0.2) is 54.5 Å². The molecule has 1 atom stereocenters. The highest BCUT2D eigenvalue weighted by Gasteiger charge is 2.49. The predicted molar refractivity (Wildman–Crippen MR) is 111 cm³/mol. The Hall–Kier alpha value is -3.83. The van der Waals surface area contributed by atoms with Gasteiger partial charge in [0.05, 0.1) is 12.7 Å². The summed E-state index contributed by atoms with van der Waals surface area (Å²) in [5, 5.41) is 7.56. The van der Waals surface area contributed by atoms with Crippen molar-refractivity contribution < 1.29 is 32.3 Å². The minimum atomic E-state index is -4.57. The van der Waals surface area contributed by atoms with Gasteiger partial charge in [-0.15, -0.1) is 0 Å². The summed E-state index contributed by atoms with van der Waals surface area (Å²) in [6, 6.07) is 7.91. The van der Waals surface area contributed by atoms with E-state index in [0.717, 1.165) is 11.0 Å². The van der Waals surface area contributed by atoms with Gasteiger partial charge in [-0.2, -0.15) is 13.2 Å². The van der Waals surface area contributed by atoms with Gasteiger partial charge in [-0.3, -0.25) is 14.5 Å². The lowest BCUT2D eigenvalue weighted by Gasteiger charge is -2.22. The van der Waals surface area contributed by atoms with Gasteiger partial charge in [0.1, 0.15) is 23.7 Å². The molecule has 1 aliphatic heterocycles. The molecule has 0 spiro atoms. The second kappa shape index (κ2) is 9.35. The van der Waals surface area contributed by atoms with Crippen molar-refractivity contribution in [1.82, 2.24) is 20.5 Å². The summed E-state index contributed by atoms with van der Waals surface area (Å²) in [5.41, 5.74) is -1.75. The number of rotatable bonds is 8. The molecule has 12 heteroatoms. The quantitative estimate of drug-likeness (QED) is 0.407. The molecule has 3 rings (SSSR count). The summed E-state index contributed by atoms with van der Waals surface area (Å²) >= 11 is 0. The molecule has 0 unspecified atom stereocenters. The normalized spacial score (nSPS) is 18.2. The van der Waals surface area contributed by atoms with E-state index in [1.165, 1.54) is 26.3 Å². The van der Waals surface area contributed by atoms with Crippen LogP contribution in [0.1, 0.15) is 18.1 Å². The lowest BCUT2D eigenvalue weighted by atomic mass is 9.92. The van der Waals surface area contributed by atoms with E-state index in [9.17, 15) is 27.6 Å². The van der Waals surface area contributed by atoms with Crippen LogP contribution in [0.15, 0.2) is 42.6 Å². The van der Waals surface area contributed by atoms with Crippen LogP contribution < -0.4 is 20.7 Å². The summed E-state index contributed by atoms with van der Waals surface area (Å²) in [6.45, 7) is 0.900. The highest BCUT2D eigenvalue weighted by atomic mass is 19.4. The highest BCUT2D eigenvalue weighted by Crippen LogP contribution is 2.33. The largest absolute Gasteiger partial charge is 0.497 e. The Morgan fingerprint density at radius 1 is 1.18 bits per heavy atom. The van der Waals surface area contributed by atoms with Crippen molar-refractivity contribution in [2.45, 2.75) is 18.6 Å². The maximum atomic E-state index is 13.0. The molecule has 3 N–H and O–H groups in total. The molecule has 1 aromatic carbocycles. The zero-order valence-electron chi connectivity index (χ0n) is 17.8. The van der Waals surface area contributed by atoms with Gasteiger partial charge in [-0.1, -0.05) is 12.1 Å². The van der Waals surface area contributed by atoms with Gasteiger partial charge in [0.25, 0.3) is 5.91 Å².